The number of hydrogen-bond acceptors (Lipinski definition) is 6. The van der Waals surface area contributed by atoms with E-state index in [9.17, 15) is 8.42 Å². The number of nitrogens with zero attached hydrogens (tertiary/aromatic N) is 1. The minimum absolute atomic E-state index is 0.0518. The number of hydrogen-bond donors (Lipinski definition) is 3. The predicted octanol–water partition coefficient (Wildman–Crippen LogP) is 2.16. The molecule has 2 rings (SSSR count). The number of sulfonamides is 1. The highest BCUT2D eigenvalue weighted by Gasteiger charge is 2.15. The van der Waals surface area contributed by atoms with Gasteiger partial charge < -0.3 is 11.1 Å². The standard InChI is InChI=1S/C13H18N4O2S2/c1-7-13(20-9(3)16-7)8(2)17-10-4-5-12(11(14)6-10)21(15,18)19/h4-6,8,17H,14H2,1-3H3,(H2,15,18,19). The Hall–Kier alpha value is -1.64. The SMILES string of the molecule is Cc1nc(C)c(C(C)Nc2ccc(S(N)(=O)=O)c(N)c2)s1. The summed E-state index contributed by atoms with van der Waals surface area (Å²) < 4.78 is 22.7. The van der Waals surface area contributed by atoms with Crippen LogP contribution in [0.2, 0.25) is 0 Å². The zero-order valence-electron chi connectivity index (χ0n) is 12.0. The third kappa shape index (κ3) is 3.52. The molecule has 1 atom stereocenters. The summed E-state index contributed by atoms with van der Waals surface area (Å²) in [6, 6.07) is 4.68. The van der Waals surface area contributed by atoms with E-state index < -0.39 is 10.0 Å². The maximum absolute atomic E-state index is 11.3. The van der Waals surface area contributed by atoms with E-state index in [1.165, 1.54) is 6.07 Å². The molecule has 21 heavy (non-hydrogen) atoms. The number of anilines is 2. The van der Waals surface area contributed by atoms with Gasteiger partial charge in [-0.15, -0.1) is 11.3 Å². The van der Waals surface area contributed by atoms with Gasteiger partial charge in [0.25, 0.3) is 0 Å². The molecule has 0 saturated carbocycles. The van der Waals surface area contributed by atoms with Crippen LogP contribution in [0.3, 0.4) is 0 Å². The van der Waals surface area contributed by atoms with Crippen molar-refractivity contribution in [3.8, 4) is 0 Å². The summed E-state index contributed by atoms with van der Waals surface area (Å²) in [7, 11) is -3.79. The first-order valence-electron chi connectivity index (χ1n) is 6.31. The molecule has 6 nitrogen and oxygen atoms in total. The Morgan fingerprint density at radius 2 is 2.00 bits per heavy atom. The second-order valence-electron chi connectivity index (χ2n) is 4.85. The minimum Gasteiger partial charge on any atom is -0.398 e. The van der Waals surface area contributed by atoms with Crippen LogP contribution in [-0.4, -0.2) is 13.4 Å². The van der Waals surface area contributed by atoms with E-state index in [1.54, 1.807) is 23.5 Å². The molecule has 0 spiro atoms. The van der Waals surface area contributed by atoms with Crippen LogP contribution < -0.4 is 16.2 Å². The van der Waals surface area contributed by atoms with Crippen molar-refractivity contribution in [2.24, 2.45) is 5.14 Å². The number of rotatable bonds is 4. The fraction of sp³-hybridized carbons (Fsp3) is 0.308. The molecule has 1 aromatic heterocycles. The number of primary sulfonamides is 1. The zero-order chi connectivity index (χ0) is 15.8. The van der Waals surface area contributed by atoms with Crippen molar-refractivity contribution in [3.05, 3.63) is 33.8 Å². The third-order valence-electron chi connectivity index (χ3n) is 3.03. The second-order valence-corrected chi connectivity index (χ2v) is 7.61. The molecule has 5 N–H and O–H groups in total. The molecule has 1 aromatic carbocycles. The largest absolute Gasteiger partial charge is 0.398 e. The molecule has 0 aliphatic rings. The lowest BCUT2D eigenvalue weighted by atomic mass is 10.2. The lowest BCUT2D eigenvalue weighted by Crippen LogP contribution is -2.14. The van der Waals surface area contributed by atoms with Crippen molar-refractivity contribution in [1.82, 2.24) is 4.98 Å². The molecule has 1 heterocycles. The van der Waals surface area contributed by atoms with Crippen LogP contribution in [0.4, 0.5) is 11.4 Å². The van der Waals surface area contributed by atoms with Gasteiger partial charge in [0.15, 0.2) is 0 Å². The molecule has 0 aliphatic heterocycles. The number of aromatic nitrogens is 1. The van der Waals surface area contributed by atoms with Gasteiger partial charge in [-0.05, 0) is 39.0 Å². The summed E-state index contributed by atoms with van der Waals surface area (Å²) in [5, 5.41) is 9.39. The minimum atomic E-state index is -3.79. The van der Waals surface area contributed by atoms with Gasteiger partial charge in [0, 0.05) is 10.6 Å². The van der Waals surface area contributed by atoms with Crippen LogP contribution in [-0.2, 0) is 10.0 Å². The molecule has 0 aliphatic carbocycles. The molecule has 0 fully saturated rings. The topological polar surface area (TPSA) is 111 Å². The van der Waals surface area contributed by atoms with Gasteiger partial charge in [0.2, 0.25) is 10.0 Å². The summed E-state index contributed by atoms with van der Waals surface area (Å²) in [6.07, 6.45) is 0. The first kappa shape index (κ1) is 15.7. The first-order chi connectivity index (χ1) is 9.68. The summed E-state index contributed by atoms with van der Waals surface area (Å²) in [5.41, 5.74) is 7.60. The average Bonchev–Trinajstić information content (AvgIpc) is 2.67. The third-order valence-corrected chi connectivity index (χ3v) is 5.27. The van der Waals surface area contributed by atoms with E-state index in [0.29, 0.717) is 0 Å². The van der Waals surface area contributed by atoms with Crippen molar-refractivity contribution >= 4 is 32.7 Å². The average molecular weight is 326 g/mol. The zero-order valence-corrected chi connectivity index (χ0v) is 13.7. The van der Waals surface area contributed by atoms with Gasteiger partial charge in [-0.25, -0.2) is 18.5 Å². The number of benzene rings is 1. The highest BCUT2D eigenvalue weighted by molar-refractivity contribution is 7.89. The molecule has 0 amide bonds. The number of nitrogens with two attached hydrogens (primary N) is 2. The quantitative estimate of drug-likeness (QED) is 0.746. The van der Waals surface area contributed by atoms with E-state index in [0.717, 1.165) is 21.3 Å². The Balaban J connectivity index is 2.25. The molecule has 0 saturated heterocycles. The summed E-state index contributed by atoms with van der Waals surface area (Å²) >= 11 is 1.63. The first-order valence-corrected chi connectivity index (χ1v) is 8.67. The van der Waals surface area contributed by atoms with E-state index >= 15 is 0 Å². The summed E-state index contributed by atoms with van der Waals surface area (Å²) in [4.78, 5) is 5.47. The van der Waals surface area contributed by atoms with Crippen LogP contribution in [0.5, 0.6) is 0 Å². The second kappa shape index (κ2) is 5.63. The Morgan fingerprint density at radius 1 is 1.33 bits per heavy atom. The van der Waals surface area contributed by atoms with Gasteiger partial charge in [0.05, 0.1) is 22.4 Å². The predicted molar refractivity (Wildman–Crippen MR) is 85.9 cm³/mol. The van der Waals surface area contributed by atoms with Gasteiger partial charge >= 0.3 is 0 Å². The number of thiazole rings is 1. The Labute approximate surface area is 128 Å². The van der Waals surface area contributed by atoms with Crippen LogP contribution >= 0.6 is 11.3 Å². The van der Waals surface area contributed by atoms with Crippen LogP contribution in [0.25, 0.3) is 0 Å². The highest BCUT2D eigenvalue weighted by atomic mass is 32.2. The van der Waals surface area contributed by atoms with Crippen molar-refractivity contribution in [1.29, 1.82) is 0 Å². The number of aryl methyl sites for hydroxylation is 2. The summed E-state index contributed by atoms with van der Waals surface area (Å²) in [5.74, 6) is 0. The Bertz CT molecular complexity index is 768. The van der Waals surface area contributed by atoms with Gasteiger partial charge in [-0.2, -0.15) is 0 Å². The lowest BCUT2D eigenvalue weighted by molar-refractivity contribution is 0.598. The normalized spacial score (nSPS) is 13.1. The van der Waals surface area contributed by atoms with Crippen molar-refractivity contribution < 1.29 is 8.42 Å². The molecule has 1 unspecified atom stereocenters. The molecule has 0 bridgehead atoms. The van der Waals surface area contributed by atoms with E-state index in [-0.39, 0.29) is 16.6 Å². The van der Waals surface area contributed by atoms with Crippen molar-refractivity contribution in [2.45, 2.75) is 31.7 Å². The summed E-state index contributed by atoms with van der Waals surface area (Å²) in [6.45, 7) is 5.95. The van der Waals surface area contributed by atoms with Gasteiger partial charge in [-0.1, -0.05) is 0 Å². The van der Waals surface area contributed by atoms with Crippen molar-refractivity contribution in [3.63, 3.8) is 0 Å². The molecule has 114 valence electrons. The fourth-order valence-corrected chi connectivity index (χ4v) is 3.74. The van der Waals surface area contributed by atoms with Crippen LogP contribution in [0.1, 0.15) is 28.5 Å². The number of nitrogens with one attached hydrogen (secondary N) is 1. The van der Waals surface area contributed by atoms with E-state index in [4.69, 9.17) is 10.9 Å². The van der Waals surface area contributed by atoms with Crippen molar-refractivity contribution in [2.75, 3.05) is 11.1 Å². The lowest BCUT2D eigenvalue weighted by Gasteiger charge is -2.15. The van der Waals surface area contributed by atoms with Gasteiger partial charge in [0.1, 0.15) is 4.90 Å². The van der Waals surface area contributed by atoms with Crippen LogP contribution in [0, 0.1) is 13.8 Å². The fourth-order valence-electron chi connectivity index (χ4n) is 2.16. The van der Waals surface area contributed by atoms with Crippen LogP contribution in [0.15, 0.2) is 23.1 Å². The highest BCUT2D eigenvalue weighted by Crippen LogP contribution is 2.29. The number of nitrogen functional groups attached to an aromatic ring is 1. The van der Waals surface area contributed by atoms with E-state index in [1.807, 2.05) is 20.8 Å². The Morgan fingerprint density at radius 3 is 2.48 bits per heavy atom. The molecule has 8 heteroatoms. The molecular weight excluding hydrogens is 308 g/mol. The molecular formula is C13H18N4O2S2. The van der Waals surface area contributed by atoms with E-state index in [2.05, 4.69) is 10.3 Å². The Kier molecular flexibility index (Phi) is 4.22. The molecule has 0 radical (unpaired) electrons. The maximum Gasteiger partial charge on any atom is 0.240 e. The van der Waals surface area contributed by atoms with Gasteiger partial charge in [-0.3, -0.25) is 0 Å². The maximum atomic E-state index is 11.3. The molecule has 2 aromatic rings. The monoisotopic (exact) mass is 326 g/mol. The smallest absolute Gasteiger partial charge is 0.240 e.